The first kappa shape index (κ1) is 17.7. The fourth-order valence-corrected chi connectivity index (χ4v) is 4.02. The van der Waals surface area contributed by atoms with Gasteiger partial charge in [-0.25, -0.2) is 0 Å². The van der Waals surface area contributed by atoms with Crippen molar-refractivity contribution < 1.29 is 18.7 Å². The van der Waals surface area contributed by atoms with Crippen molar-refractivity contribution in [1.82, 2.24) is 15.2 Å². The van der Waals surface area contributed by atoms with Gasteiger partial charge in [0.15, 0.2) is 11.5 Å². The summed E-state index contributed by atoms with van der Waals surface area (Å²) in [6, 6.07) is 7.38. The molecule has 3 aliphatic heterocycles. The summed E-state index contributed by atoms with van der Waals surface area (Å²) in [5.74, 6) is 0.915. The first-order valence-electron chi connectivity index (χ1n) is 9.31. The lowest BCUT2D eigenvalue weighted by molar-refractivity contribution is 0.0217. The number of nitrogens with one attached hydrogen (secondary N) is 1. The topological polar surface area (TPSA) is 84.7 Å². The van der Waals surface area contributed by atoms with Crippen molar-refractivity contribution in [1.29, 1.82) is 0 Å². The summed E-state index contributed by atoms with van der Waals surface area (Å²) < 4.78 is 10.7. The maximum absolute atomic E-state index is 12.6. The number of ketones is 1. The average molecular weight is 369 g/mol. The third kappa shape index (κ3) is 3.60. The SMILES string of the molecule is CC(=O)c1cnc(Oc2ccc(C(=O)N[C@@H]3C4CCN(CC4)[C@H]3C)cc2)o1. The van der Waals surface area contributed by atoms with Gasteiger partial charge in [-0.2, -0.15) is 4.98 Å². The molecule has 3 aliphatic rings. The maximum atomic E-state index is 12.6. The summed E-state index contributed by atoms with van der Waals surface area (Å²) in [5, 5.41) is 3.21. The van der Waals surface area contributed by atoms with Gasteiger partial charge in [-0.1, -0.05) is 0 Å². The van der Waals surface area contributed by atoms with Crippen LogP contribution in [-0.2, 0) is 0 Å². The summed E-state index contributed by atoms with van der Waals surface area (Å²) in [4.78, 5) is 30.2. The lowest BCUT2D eigenvalue weighted by Gasteiger charge is -2.49. The Labute approximate surface area is 157 Å². The zero-order chi connectivity index (χ0) is 19.0. The number of fused-ring (bicyclic) bond motifs is 3. The Hall–Kier alpha value is -2.67. The van der Waals surface area contributed by atoms with Crippen LogP contribution in [0.1, 0.15) is 47.6 Å². The molecule has 1 aromatic heterocycles. The van der Waals surface area contributed by atoms with Crippen LogP contribution in [0.2, 0.25) is 0 Å². The van der Waals surface area contributed by atoms with Crippen LogP contribution in [0.15, 0.2) is 34.9 Å². The number of hydrogen-bond acceptors (Lipinski definition) is 6. The number of rotatable bonds is 5. The van der Waals surface area contributed by atoms with Crippen molar-refractivity contribution in [3.63, 3.8) is 0 Å². The summed E-state index contributed by atoms with van der Waals surface area (Å²) in [5.41, 5.74) is 0.586. The van der Waals surface area contributed by atoms with Gasteiger partial charge >= 0.3 is 6.08 Å². The van der Waals surface area contributed by atoms with E-state index in [1.165, 1.54) is 13.1 Å². The van der Waals surface area contributed by atoms with E-state index in [0.29, 0.717) is 23.3 Å². The highest BCUT2D eigenvalue weighted by Gasteiger charge is 2.40. The third-order valence-electron chi connectivity index (χ3n) is 5.63. The molecule has 2 bridgehead atoms. The van der Waals surface area contributed by atoms with Crippen LogP contribution in [0.5, 0.6) is 11.8 Å². The highest BCUT2D eigenvalue weighted by atomic mass is 16.6. The van der Waals surface area contributed by atoms with E-state index in [1.807, 2.05) is 0 Å². The monoisotopic (exact) mass is 369 g/mol. The van der Waals surface area contributed by atoms with Crippen molar-refractivity contribution in [2.24, 2.45) is 5.92 Å². The Bertz CT molecular complexity index is 835. The van der Waals surface area contributed by atoms with Crippen LogP contribution in [0.4, 0.5) is 0 Å². The lowest BCUT2D eigenvalue weighted by Crippen LogP contribution is -2.62. The van der Waals surface area contributed by atoms with Gasteiger partial charge in [-0.15, -0.1) is 0 Å². The number of oxazole rings is 1. The second-order valence-electron chi connectivity index (χ2n) is 7.29. The van der Waals surface area contributed by atoms with Crippen LogP contribution >= 0.6 is 0 Å². The minimum absolute atomic E-state index is 0.00138. The Balaban J connectivity index is 1.39. The predicted octanol–water partition coefficient (Wildman–Crippen LogP) is 2.88. The Morgan fingerprint density at radius 1 is 1.22 bits per heavy atom. The number of hydrogen-bond donors (Lipinski definition) is 1. The molecule has 0 spiro atoms. The second-order valence-corrected chi connectivity index (χ2v) is 7.29. The minimum Gasteiger partial charge on any atom is -0.411 e. The second kappa shape index (κ2) is 7.15. The van der Waals surface area contributed by atoms with Crippen LogP contribution in [0, 0.1) is 5.92 Å². The molecule has 0 unspecified atom stereocenters. The molecule has 2 atom stereocenters. The highest BCUT2D eigenvalue weighted by Crippen LogP contribution is 2.32. The van der Waals surface area contributed by atoms with E-state index < -0.39 is 0 Å². The van der Waals surface area contributed by atoms with E-state index in [0.717, 1.165) is 25.9 Å². The standard InChI is InChI=1S/C20H23N3O4/c1-12-18(14-7-9-23(12)10-8-14)22-19(25)15-3-5-16(6-4-15)26-20-21-11-17(27-20)13(2)24/h3-6,11-12,14,18H,7-10H2,1-2H3,(H,22,25)/t12-,18-/m0/s1. The largest absolute Gasteiger partial charge is 0.411 e. The van der Waals surface area contributed by atoms with E-state index in [9.17, 15) is 9.59 Å². The zero-order valence-electron chi connectivity index (χ0n) is 15.5. The van der Waals surface area contributed by atoms with E-state index in [-0.39, 0.29) is 29.6 Å². The van der Waals surface area contributed by atoms with Gasteiger partial charge in [-0.3, -0.25) is 14.5 Å². The van der Waals surface area contributed by atoms with Crippen LogP contribution in [0.25, 0.3) is 0 Å². The molecule has 3 saturated heterocycles. The first-order valence-corrected chi connectivity index (χ1v) is 9.31. The zero-order valence-corrected chi connectivity index (χ0v) is 15.5. The Morgan fingerprint density at radius 3 is 2.52 bits per heavy atom. The number of aromatic nitrogens is 1. The number of Topliss-reactive ketones (excluding diaryl/α,β-unsaturated/α-hetero) is 1. The summed E-state index contributed by atoms with van der Waals surface area (Å²) in [6.07, 6.45) is 3.63. The molecule has 0 radical (unpaired) electrons. The van der Waals surface area contributed by atoms with Crippen LogP contribution < -0.4 is 10.1 Å². The van der Waals surface area contributed by atoms with Gasteiger partial charge in [-0.05, 0) is 63.0 Å². The Morgan fingerprint density at radius 2 is 1.93 bits per heavy atom. The van der Waals surface area contributed by atoms with Crippen LogP contribution in [0.3, 0.4) is 0 Å². The summed E-state index contributed by atoms with van der Waals surface area (Å²) >= 11 is 0. The van der Waals surface area contributed by atoms with Gasteiger partial charge < -0.3 is 14.5 Å². The normalized spacial score (nSPS) is 26.6. The first-order chi connectivity index (χ1) is 13.0. The molecule has 0 aliphatic carbocycles. The van der Waals surface area contributed by atoms with Gasteiger partial charge in [0.1, 0.15) is 5.75 Å². The number of carbonyl (C=O) groups excluding carboxylic acids is 2. The molecule has 2 aromatic rings. The molecule has 4 heterocycles. The Kier molecular flexibility index (Phi) is 4.70. The number of nitrogens with zero attached hydrogens (tertiary/aromatic N) is 2. The number of carbonyl (C=O) groups is 2. The lowest BCUT2D eigenvalue weighted by atomic mass is 9.79. The number of ether oxygens (including phenoxy) is 1. The highest BCUT2D eigenvalue weighted by molar-refractivity contribution is 5.94. The molecule has 1 aromatic carbocycles. The van der Waals surface area contributed by atoms with Crippen molar-refractivity contribution in [3.8, 4) is 11.8 Å². The maximum Gasteiger partial charge on any atom is 0.399 e. The number of piperidine rings is 3. The van der Waals surface area contributed by atoms with Crippen molar-refractivity contribution >= 4 is 11.7 Å². The van der Waals surface area contributed by atoms with E-state index in [4.69, 9.17) is 9.15 Å². The quantitative estimate of drug-likeness (QED) is 0.816. The van der Waals surface area contributed by atoms with Gasteiger partial charge in [0.25, 0.3) is 5.91 Å². The van der Waals surface area contributed by atoms with E-state index in [2.05, 4.69) is 22.1 Å². The van der Waals surface area contributed by atoms with Crippen LogP contribution in [-0.4, -0.2) is 46.7 Å². The summed E-state index contributed by atoms with van der Waals surface area (Å²) in [7, 11) is 0. The van der Waals surface area contributed by atoms with Gasteiger partial charge in [0.05, 0.1) is 6.20 Å². The number of amides is 1. The molecule has 0 saturated carbocycles. The molecular weight excluding hydrogens is 346 g/mol. The van der Waals surface area contributed by atoms with Crippen molar-refractivity contribution in [2.75, 3.05) is 13.1 Å². The number of benzene rings is 1. The van der Waals surface area contributed by atoms with Gasteiger partial charge in [0, 0.05) is 24.6 Å². The molecule has 7 heteroatoms. The molecule has 27 heavy (non-hydrogen) atoms. The minimum atomic E-state index is -0.216. The third-order valence-corrected chi connectivity index (χ3v) is 5.63. The smallest absolute Gasteiger partial charge is 0.399 e. The van der Waals surface area contributed by atoms with E-state index >= 15 is 0 Å². The van der Waals surface area contributed by atoms with E-state index in [1.54, 1.807) is 24.3 Å². The average Bonchev–Trinajstić information content (AvgIpc) is 3.14. The fourth-order valence-electron chi connectivity index (χ4n) is 4.02. The molecule has 5 rings (SSSR count). The summed E-state index contributed by atoms with van der Waals surface area (Å²) in [6.45, 7) is 5.86. The molecule has 3 fully saturated rings. The molecule has 1 amide bonds. The predicted molar refractivity (Wildman–Crippen MR) is 98.0 cm³/mol. The molecule has 7 nitrogen and oxygen atoms in total. The fraction of sp³-hybridized carbons (Fsp3) is 0.450. The van der Waals surface area contributed by atoms with Crippen molar-refractivity contribution in [2.45, 2.75) is 38.8 Å². The van der Waals surface area contributed by atoms with Gasteiger partial charge in [0.2, 0.25) is 0 Å². The molecule has 142 valence electrons. The molecule has 1 N–H and O–H groups in total. The van der Waals surface area contributed by atoms with Crippen molar-refractivity contribution in [3.05, 3.63) is 41.8 Å². The molecular formula is C20H23N3O4.